The number of hydrogen-bond donors (Lipinski definition) is 1. The second kappa shape index (κ2) is 6.38. The minimum atomic E-state index is -0.0391. The number of aromatic nitrogens is 2. The van der Waals surface area contributed by atoms with Gasteiger partial charge < -0.3 is 10.2 Å². The average Bonchev–Trinajstić information content (AvgIpc) is 3.08. The molecule has 22 heavy (non-hydrogen) atoms. The number of thiazole rings is 1. The summed E-state index contributed by atoms with van der Waals surface area (Å²) in [5, 5.41) is 5.14. The van der Waals surface area contributed by atoms with Gasteiger partial charge in [-0.1, -0.05) is 0 Å². The Hall–Kier alpha value is -1.40. The molecule has 3 heterocycles. The Kier molecular flexibility index (Phi) is 4.49. The Morgan fingerprint density at radius 1 is 1.36 bits per heavy atom. The van der Waals surface area contributed by atoms with Gasteiger partial charge in [0.25, 0.3) is 0 Å². The molecule has 1 aliphatic rings. The monoisotopic (exact) mass is 320 g/mol. The van der Waals surface area contributed by atoms with Crippen molar-refractivity contribution in [1.29, 1.82) is 0 Å². The smallest absolute Gasteiger partial charge is 0.223 e. The van der Waals surface area contributed by atoms with E-state index in [4.69, 9.17) is 0 Å². The van der Waals surface area contributed by atoms with Crippen LogP contribution in [0.2, 0.25) is 0 Å². The molecule has 1 aliphatic heterocycles. The summed E-state index contributed by atoms with van der Waals surface area (Å²) in [7, 11) is 0. The van der Waals surface area contributed by atoms with E-state index >= 15 is 0 Å². The number of nitrogens with one attached hydrogen (secondary N) is 1. The quantitative estimate of drug-likeness (QED) is 0.942. The zero-order chi connectivity index (χ0) is 15.7. The summed E-state index contributed by atoms with van der Waals surface area (Å²) in [5.74, 6) is 0.313. The Bertz CT molecular complexity index is 611. The van der Waals surface area contributed by atoms with Gasteiger partial charge in [0.1, 0.15) is 0 Å². The Balaban J connectivity index is 1.56. The third-order valence-electron chi connectivity index (χ3n) is 4.54. The average molecular weight is 320 g/mol. The maximum Gasteiger partial charge on any atom is 0.223 e. The normalized spacial score (nSPS) is 18.9. The van der Waals surface area contributed by atoms with Crippen LogP contribution in [0.5, 0.6) is 0 Å². The highest BCUT2D eigenvalue weighted by molar-refractivity contribution is 7.15. The highest BCUT2D eigenvalue weighted by atomic mass is 32.1. The molecule has 0 radical (unpaired) electrons. The molecule has 0 aliphatic carbocycles. The number of carbonyl (C=O) groups is 1. The molecule has 1 fully saturated rings. The van der Waals surface area contributed by atoms with E-state index in [1.165, 1.54) is 0 Å². The van der Waals surface area contributed by atoms with Crippen molar-refractivity contribution >= 4 is 22.2 Å². The van der Waals surface area contributed by atoms with Crippen molar-refractivity contribution in [3.05, 3.63) is 23.5 Å². The summed E-state index contributed by atoms with van der Waals surface area (Å²) >= 11 is 1.61. The van der Waals surface area contributed by atoms with Crippen LogP contribution < -0.4 is 5.32 Å². The second-order valence-electron chi connectivity index (χ2n) is 6.39. The lowest BCUT2D eigenvalue weighted by Crippen LogP contribution is -2.43. The van der Waals surface area contributed by atoms with Crippen LogP contribution in [0.4, 0.5) is 0 Å². The molecule has 2 aromatic rings. The number of rotatable bonds is 4. The number of likely N-dealkylation sites (tertiary alicyclic amines) is 1. The highest BCUT2D eigenvalue weighted by Gasteiger charge is 2.27. The fraction of sp³-hybridized carbons (Fsp3) is 0.625. The van der Waals surface area contributed by atoms with Crippen LogP contribution in [0, 0.1) is 5.92 Å². The van der Waals surface area contributed by atoms with Crippen molar-refractivity contribution in [2.45, 2.75) is 45.7 Å². The first kappa shape index (κ1) is 15.5. The molecule has 0 spiro atoms. The van der Waals surface area contributed by atoms with Gasteiger partial charge in [-0.3, -0.25) is 9.20 Å². The standard InChI is InChI=1S/C16H24N4OS/c1-11(2)19-6-4-13(5-7-19)15(21)17-12(3)14-10-20-8-9-22-16(20)18-14/h8-13H,4-7H2,1-3H3,(H,17,21)/t12-/m1/s1. The van der Waals surface area contributed by atoms with Gasteiger partial charge in [0.05, 0.1) is 11.7 Å². The van der Waals surface area contributed by atoms with Crippen LogP contribution in [-0.4, -0.2) is 39.3 Å². The number of nitrogens with zero attached hydrogens (tertiary/aromatic N) is 3. The molecule has 1 N–H and O–H groups in total. The molecule has 1 atom stereocenters. The van der Waals surface area contributed by atoms with Crippen molar-refractivity contribution in [2.24, 2.45) is 5.92 Å². The third kappa shape index (κ3) is 3.17. The van der Waals surface area contributed by atoms with Gasteiger partial charge in [0.2, 0.25) is 5.91 Å². The Morgan fingerprint density at radius 3 is 2.73 bits per heavy atom. The Morgan fingerprint density at radius 2 is 2.09 bits per heavy atom. The molecule has 6 heteroatoms. The van der Waals surface area contributed by atoms with Crippen LogP contribution in [0.1, 0.15) is 45.3 Å². The van der Waals surface area contributed by atoms with E-state index in [1.807, 2.05) is 29.1 Å². The first-order chi connectivity index (χ1) is 10.5. The molecule has 1 amide bonds. The van der Waals surface area contributed by atoms with Gasteiger partial charge in [-0.2, -0.15) is 0 Å². The van der Waals surface area contributed by atoms with Gasteiger partial charge in [-0.05, 0) is 46.7 Å². The lowest BCUT2D eigenvalue weighted by atomic mass is 9.95. The molecule has 5 nitrogen and oxygen atoms in total. The van der Waals surface area contributed by atoms with E-state index in [0.717, 1.165) is 36.6 Å². The molecule has 0 bridgehead atoms. The molecule has 3 rings (SSSR count). The second-order valence-corrected chi connectivity index (χ2v) is 7.27. The maximum absolute atomic E-state index is 12.5. The van der Waals surface area contributed by atoms with E-state index in [1.54, 1.807) is 11.3 Å². The van der Waals surface area contributed by atoms with E-state index in [0.29, 0.717) is 6.04 Å². The first-order valence-corrected chi connectivity index (χ1v) is 8.89. The van der Waals surface area contributed by atoms with Crippen molar-refractivity contribution in [2.75, 3.05) is 13.1 Å². The molecule has 1 saturated heterocycles. The molecular weight excluding hydrogens is 296 g/mol. The zero-order valence-electron chi connectivity index (χ0n) is 13.5. The number of hydrogen-bond acceptors (Lipinski definition) is 4. The van der Waals surface area contributed by atoms with Gasteiger partial charge in [-0.25, -0.2) is 4.98 Å². The van der Waals surface area contributed by atoms with Crippen LogP contribution in [0.25, 0.3) is 4.96 Å². The number of imidazole rings is 1. The van der Waals surface area contributed by atoms with Crippen LogP contribution >= 0.6 is 11.3 Å². The van der Waals surface area contributed by atoms with E-state index in [9.17, 15) is 4.79 Å². The fourth-order valence-electron chi connectivity index (χ4n) is 3.04. The zero-order valence-corrected chi connectivity index (χ0v) is 14.3. The SMILES string of the molecule is CC(C)N1CCC(C(=O)N[C@H](C)c2cn3ccsc3n2)CC1. The highest BCUT2D eigenvalue weighted by Crippen LogP contribution is 2.21. The number of piperidine rings is 1. The maximum atomic E-state index is 12.5. The molecule has 0 aromatic carbocycles. The molecule has 2 aromatic heterocycles. The summed E-state index contributed by atoms with van der Waals surface area (Å²) in [6, 6.07) is 0.532. The van der Waals surface area contributed by atoms with Crippen LogP contribution in [-0.2, 0) is 4.79 Å². The number of carbonyl (C=O) groups excluding carboxylic acids is 1. The van der Waals surface area contributed by atoms with E-state index in [2.05, 4.69) is 29.0 Å². The molecule has 0 saturated carbocycles. The van der Waals surface area contributed by atoms with Crippen LogP contribution in [0.15, 0.2) is 17.8 Å². The molecule has 120 valence electrons. The van der Waals surface area contributed by atoms with Gasteiger partial charge >= 0.3 is 0 Å². The number of amides is 1. The summed E-state index contributed by atoms with van der Waals surface area (Å²) in [5.41, 5.74) is 0.930. The minimum Gasteiger partial charge on any atom is -0.348 e. The summed E-state index contributed by atoms with van der Waals surface area (Å²) < 4.78 is 2.00. The lowest BCUT2D eigenvalue weighted by molar-refractivity contribution is -0.127. The third-order valence-corrected chi connectivity index (χ3v) is 5.32. The van der Waals surface area contributed by atoms with E-state index in [-0.39, 0.29) is 17.9 Å². The van der Waals surface area contributed by atoms with Gasteiger partial charge in [-0.15, -0.1) is 11.3 Å². The van der Waals surface area contributed by atoms with Crippen molar-refractivity contribution < 1.29 is 4.79 Å². The molecule has 0 unspecified atom stereocenters. The summed E-state index contributed by atoms with van der Waals surface area (Å²) in [6.45, 7) is 8.47. The van der Waals surface area contributed by atoms with Crippen molar-refractivity contribution in [3.63, 3.8) is 0 Å². The topological polar surface area (TPSA) is 49.6 Å². The van der Waals surface area contributed by atoms with Gasteiger partial charge in [0, 0.05) is 29.7 Å². The summed E-state index contributed by atoms with van der Waals surface area (Å²) in [4.78, 5) is 20.4. The predicted octanol–water partition coefficient (Wildman–Crippen LogP) is 2.69. The summed E-state index contributed by atoms with van der Waals surface area (Å²) in [6.07, 6.45) is 5.90. The minimum absolute atomic E-state index is 0.0391. The number of fused-ring (bicyclic) bond motifs is 1. The first-order valence-electron chi connectivity index (χ1n) is 8.01. The lowest BCUT2D eigenvalue weighted by Gasteiger charge is -2.34. The van der Waals surface area contributed by atoms with Gasteiger partial charge in [0.15, 0.2) is 4.96 Å². The molecular formula is C16H24N4OS. The fourth-order valence-corrected chi connectivity index (χ4v) is 3.74. The Labute approximate surface area is 135 Å². The predicted molar refractivity (Wildman–Crippen MR) is 89.1 cm³/mol. The van der Waals surface area contributed by atoms with Crippen molar-refractivity contribution in [3.8, 4) is 0 Å². The van der Waals surface area contributed by atoms with E-state index < -0.39 is 0 Å². The van der Waals surface area contributed by atoms with Crippen molar-refractivity contribution in [1.82, 2.24) is 19.6 Å². The largest absolute Gasteiger partial charge is 0.348 e. The van der Waals surface area contributed by atoms with Crippen LogP contribution in [0.3, 0.4) is 0 Å².